The summed E-state index contributed by atoms with van der Waals surface area (Å²) in [7, 11) is 0. The summed E-state index contributed by atoms with van der Waals surface area (Å²) in [5, 5.41) is 14.8. The Kier molecular flexibility index (Phi) is 4.94. The molecule has 0 fully saturated rings. The number of anilines is 1. The summed E-state index contributed by atoms with van der Waals surface area (Å²) in [6, 6.07) is 7.32. The van der Waals surface area contributed by atoms with Gasteiger partial charge in [-0.15, -0.1) is 0 Å². The molecule has 0 spiro atoms. The van der Waals surface area contributed by atoms with Gasteiger partial charge in [-0.25, -0.2) is 4.79 Å². The molecule has 1 aromatic carbocycles. The van der Waals surface area contributed by atoms with Crippen LogP contribution in [0.5, 0.6) is 0 Å². The van der Waals surface area contributed by atoms with E-state index in [1.165, 1.54) is 0 Å². The van der Waals surface area contributed by atoms with Crippen molar-refractivity contribution in [2.45, 2.75) is 32.7 Å². The van der Waals surface area contributed by atoms with E-state index in [-0.39, 0.29) is 5.97 Å². The average molecular weight is 392 g/mol. The van der Waals surface area contributed by atoms with Gasteiger partial charge in [0.1, 0.15) is 6.04 Å². The van der Waals surface area contributed by atoms with Gasteiger partial charge < -0.3 is 10.1 Å². The number of benzene rings is 1. The van der Waals surface area contributed by atoms with Crippen LogP contribution in [0.3, 0.4) is 0 Å². The van der Waals surface area contributed by atoms with Crippen LogP contribution >= 0.6 is 15.9 Å². The van der Waals surface area contributed by atoms with Gasteiger partial charge in [0.2, 0.25) is 5.95 Å². The maximum Gasteiger partial charge on any atom is 0.338 e. The zero-order chi connectivity index (χ0) is 17.1. The number of carbonyl (C=O) groups is 1. The Morgan fingerprint density at radius 3 is 2.83 bits per heavy atom. The third kappa shape index (κ3) is 3.19. The van der Waals surface area contributed by atoms with Crippen LogP contribution in [0.1, 0.15) is 38.3 Å². The highest BCUT2D eigenvalue weighted by molar-refractivity contribution is 9.10. The van der Waals surface area contributed by atoms with Gasteiger partial charge in [-0.1, -0.05) is 46.5 Å². The molecule has 2 heterocycles. The second kappa shape index (κ2) is 7.12. The summed E-state index contributed by atoms with van der Waals surface area (Å²) >= 11 is 3.43. The van der Waals surface area contributed by atoms with Crippen molar-refractivity contribution in [2.75, 3.05) is 11.9 Å². The van der Waals surface area contributed by atoms with Crippen molar-refractivity contribution in [3.63, 3.8) is 0 Å². The van der Waals surface area contributed by atoms with Crippen LogP contribution in [0.15, 0.2) is 40.0 Å². The SMILES string of the molecule is CCCCOC(=O)C1=C(C)Nc2nnnn2[C@H]1c1ccc(Br)cc1. The van der Waals surface area contributed by atoms with Gasteiger partial charge in [0.25, 0.3) is 0 Å². The van der Waals surface area contributed by atoms with Gasteiger partial charge in [0, 0.05) is 10.2 Å². The number of hydrogen-bond donors (Lipinski definition) is 1. The third-order valence-corrected chi connectivity index (χ3v) is 4.38. The second-order valence-electron chi connectivity index (χ2n) is 5.55. The normalized spacial score (nSPS) is 16.5. The molecule has 0 amide bonds. The number of ether oxygens (including phenoxy) is 1. The summed E-state index contributed by atoms with van der Waals surface area (Å²) in [6.07, 6.45) is 1.81. The number of carbonyl (C=O) groups excluding carboxylic acids is 1. The Morgan fingerprint density at radius 1 is 1.38 bits per heavy atom. The standard InChI is InChI=1S/C16H18BrN5O2/c1-3-4-9-24-15(23)13-10(2)18-16-19-20-21-22(16)14(13)11-5-7-12(17)8-6-11/h5-8,14H,3-4,9H2,1-2H3,(H,18,19,21)/t14-/m0/s1. The van der Waals surface area contributed by atoms with E-state index in [1.54, 1.807) is 4.68 Å². The first-order valence-electron chi connectivity index (χ1n) is 7.80. The monoisotopic (exact) mass is 391 g/mol. The zero-order valence-electron chi connectivity index (χ0n) is 13.5. The number of tetrazole rings is 1. The average Bonchev–Trinajstić information content (AvgIpc) is 3.02. The van der Waals surface area contributed by atoms with E-state index in [2.05, 4.69) is 43.7 Å². The fourth-order valence-electron chi connectivity index (χ4n) is 2.62. The van der Waals surface area contributed by atoms with Crippen molar-refractivity contribution in [2.24, 2.45) is 0 Å². The van der Waals surface area contributed by atoms with Crippen molar-refractivity contribution < 1.29 is 9.53 Å². The van der Waals surface area contributed by atoms with Crippen molar-refractivity contribution in [3.8, 4) is 0 Å². The lowest BCUT2D eigenvalue weighted by molar-refractivity contribution is -0.139. The Balaban J connectivity index is 2.00. The number of unbranched alkanes of at least 4 members (excludes halogenated alkanes) is 1. The molecule has 1 atom stereocenters. The van der Waals surface area contributed by atoms with Crippen LogP contribution in [0.4, 0.5) is 5.95 Å². The summed E-state index contributed by atoms with van der Waals surface area (Å²) < 4.78 is 8.00. The number of nitrogens with one attached hydrogen (secondary N) is 1. The van der Waals surface area contributed by atoms with Gasteiger partial charge in [0.05, 0.1) is 12.2 Å². The van der Waals surface area contributed by atoms with E-state index in [0.717, 1.165) is 22.9 Å². The number of rotatable bonds is 5. The Morgan fingerprint density at radius 2 is 2.12 bits per heavy atom. The number of nitrogens with zero attached hydrogens (tertiary/aromatic N) is 4. The highest BCUT2D eigenvalue weighted by atomic mass is 79.9. The summed E-state index contributed by atoms with van der Waals surface area (Å²) in [6.45, 7) is 4.29. The van der Waals surface area contributed by atoms with E-state index in [9.17, 15) is 4.79 Å². The van der Waals surface area contributed by atoms with Gasteiger partial charge >= 0.3 is 5.97 Å². The van der Waals surface area contributed by atoms with Crippen LogP contribution in [0.2, 0.25) is 0 Å². The lowest BCUT2D eigenvalue weighted by Crippen LogP contribution is -2.29. The third-order valence-electron chi connectivity index (χ3n) is 3.85. The highest BCUT2D eigenvalue weighted by Crippen LogP contribution is 2.35. The topological polar surface area (TPSA) is 81.9 Å². The molecule has 1 aromatic heterocycles. The second-order valence-corrected chi connectivity index (χ2v) is 6.47. The minimum absolute atomic E-state index is 0.345. The molecule has 0 saturated carbocycles. The van der Waals surface area contributed by atoms with Gasteiger partial charge in [-0.05, 0) is 41.5 Å². The fourth-order valence-corrected chi connectivity index (χ4v) is 2.88. The summed E-state index contributed by atoms with van der Waals surface area (Å²) in [4.78, 5) is 12.7. The van der Waals surface area contributed by atoms with E-state index in [4.69, 9.17) is 4.74 Å². The van der Waals surface area contributed by atoms with E-state index >= 15 is 0 Å². The molecule has 8 heteroatoms. The van der Waals surface area contributed by atoms with Crippen LogP contribution in [-0.2, 0) is 9.53 Å². The first kappa shape index (κ1) is 16.6. The lowest BCUT2D eigenvalue weighted by Gasteiger charge is -2.27. The van der Waals surface area contributed by atoms with Gasteiger partial charge in [-0.2, -0.15) is 4.68 Å². The number of halogens is 1. The van der Waals surface area contributed by atoms with Crippen molar-refractivity contribution in [1.82, 2.24) is 20.2 Å². The molecule has 7 nitrogen and oxygen atoms in total. The van der Waals surface area contributed by atoms with Crippen molar-refractivity contribution >= 4 is 27.8 Å². The molecule has 24 heavy (non-hydrogen) atoms. The zero-order valence-corrected chi connectivity index (χ0v) is 15.1. The fraction of sp³-hybridized carbons (Fsp3) is 0.375. The molecule has 1 aliphatic rings. The smallest absolute Gasteiger partial charge is 0.338 e. The van der Waals surface area contributed by atoms with Crippen LogP contribution in [-0.4, -0.2) is 32.8 Å². The number of fused-ring (bicyclic) bond motifs is 1. The Bertz CT molecular complexity index is 769. The summed E-state index contributed by atoms with van der Waals surface area (Å²) in [5.41, 5.74) is 2.13. The van der Waals surface area contributed by atoms with E-state index < -0.39 is 6.04 Å². The maximum atomic E-state index is 12.7. The molecule has 0 saturated heterocycles. The van der Waals surface area contributed by atoms with Gasteiger partial charge in [-0.3, -0.25) is 0 Å². The molecule has 1 N–H and O–H groups in total. The molecular formula is C16H18BrN5O2. The minimum atomic E-state index is -0.418. The Labute approximate surface area is 148 Å². The largest absolute Gasteiger partial charge is 0.462 e. The van der Waals surface area contributed by atoms with Gasteiger partial charge in [0.15, 0.2) is 0 Å². The molecule has 3 rings (SSSR count). The predicted octanol–water partition coefficient (Wildman–Crippen LogP) is 3.07. The molecule has 0 radical (unpaired) electrons. The number of allylic oxidation sites excluding steroid dienone is 1. The number of hydrogen-bond acceptors (Lipinski definition) is 6. The molecule has 2 aromatic rings. The number of aromatic nitrogens is 4. The maximum absolute atomic E-state index is 12.7. The molecule has 0 bridgehead atoms. The van der Waals surface area contributed by atoms with E-state index in [0.29, 0.717) is 23.8 Å². The molecular weight excluding hydrogens is 374 g/mol. The Hall–Kier alpha value is -2.22. The molecule has 0 unspecified atom stereocenters. The van der Waals surface area contributed by atoms with Crippen molar-refractivity contribution in [3.05, 3.63) is 45.6 Å². The minimum Gasteiger partial charge on any atom is -0.462 e. The predicted molar refractivity (Wildman–Crippen MR) is 92.3 cm³/mol. The van der Waals surface area contributed by atoms with Crippen LogP contribution < -0.4 is 5.32 Å². The molecule has 0 aliphatic carbocycles. The lowest BCUT2D eigenvalue weighted by atomic mass is 9.96. The summed E-state index contributed by atoms with van der Waals surface area (Å²) in [5.74, 6) is 0.160. The molecule has 126 valence electrons. The first-order valence-corrected chi connectivity index (χ1v) is 8.59. The van der Waals surface area contributed by atoms with Crippen molar-refractivity contribution in [1.29, 1.82) is 0 Å². The first-order chi connectivity index (χ1) is 11.6. The van der Waals surface area contributed by atoms with Crippen LogP contribution in [0.25, 0.3) is 0 Å². The van der Waals surface area contributed by atoms with Crippen LogP contribution in [0, 0.1) is 0 Å². The number of esters is 1. The molecule has 1 aliphatic heterocycles. The van der Waals surface area contributed by atoms with E-state index in [1.807, 2.05) is 31.2 Å². The quantitative estimate of drug-likeness (QED) is 0.622. The highest BCUT2D eigenvalue weighted by Gasteiger charge is 2.34.